The van der Waals surface area contributed by atoms with Crippen LogP contribution in [0.3, 0.4) is 0 Å². The Bertz CT molecular complexity index is 1120. The average Bonchev–Trinajstić information content (AvgIpc) is 3.26. The van der Waals surface area contributed by atoms with Crippen LogP contribution in [0.25, 0.3) is 22.6 Å². The SMILES string of the molecule is Cn1c(SCC(=O)Nc2c(F)cccc2F)nnc1-c1cc2ccccc2o1. The third-order valence-electron chi connectivity index (χ3n) is 4.04. The first-order valence-electron chi connectivity index (χ1n) is 8.28. The van der Waals surface area contributed by atoms with E-state index in [1.54, 1.807) is 11.6 Å². The van der Waals surface area contributed by atoms with Crippen molar-refractivity contribution in [3.8, 4) is 11.6 Å². The maximum Gasteiger partial charge on any atom is 0.235 e. The summed E-state index contributed by atoms with van der Waals surface area (Å²) < 4.78 is 34.7. The van der Waals surface area contributed by atoms with Gasteiger partial charge in [0.2, 0.25) is 5.91 Å². The number of nitrogens with zero attached hydrogens (tertiary/aromatic N) is 3. The van der Waals surface area contributed by atoms with Gasteiger partial charge in [-0.3, -0.25) is 4.79 Å². The lowest BCUT2D eigenvalue weighted by Crippen LogP contribution is -2.16. The van der Waals surface area contributed by atoms with Crippen molar-refractivity contribution >= 4 is 34.3 Å². The Hall–Kier alpha value is -3.20. The van der Waals surface area contributed by atoms with Crippen molar-refractivity contribution in [2.45, 2.75) is 5.16 Å². The van der Waals surface area contributed by atoms with E-state index in [4.69, 9.17) is 4.42 Å². The Morgan fingerprint density at radius 1 is 1.14 bits per heavy atom. The fraction of sp³-hybridized carbons (Fsp3) is 0.105. The number of nitrogens with one attached hydrogen (secondary N) is 1. The van der Waals surface area contributed by atoms with Gasteiger partial charge < -0.3 is 14.3 Å². The van der Waals surface area contributed by atoms with Crippen LogP contribution >= 0.6 is 11.8 Å². The molecule has 2 aromatic heterocycles. The first-order chi connectivity index (χ1) is 13.5. The predicted molar refractivity (Wildman–Crippen MR) is 102 cm³/mol. The standard InChI is InChI=1S/C19H14F2N4O2S/c1-25-18(15-9-11-5-2-3-8-14(11)27-15)23-24-19(25)28-10-16(26)22-17-12(20)6-4-7-13(17)21/h2-9H,10H2,1H3,(H,22,26). The summed E-state index contributed by atoms with van der Waals surface area (Å²) in [6.45, 7) is 0. The van der Waals surface area contributed by atoms with Gasteiger partial charge >= 0.3 is 0 Å². The molecule has 142 valence electrons. The molecular formula is C19H14F2N4O2S. The molecule has 0 fully saturated rings. The first kappa shape index (κ1) is 18.2. The molecule has 0 unspecified atom stereocenters. The number of anilines is 1. The van der Waals surface area contributed by atoms with Crippen molar-refractivity contribution < 1.29 is 18.0 Å². The van der Waals surface area contributed by atoms with E-state index in [2.05, 4.69) is 15.5 Å². The molecule has 2 aromatic carbocycles. The monoisotopic (exact) mass is 400 g/mol. The Morgan fingerprint density at radius 2 is 1.89 bits per heavy atom. The van der Waals surface area contributed by atoms with E-state index in [-0.39, 0.29) is 5.75 Å². The number of aromatic nitrogens is 3. The van der Waals surface area contributed by atoms with Gasteiger partial charge in [-0.1, -0.05) is 36.0 Å². The molecule has 0 atom stereocenters. The molecule has 0 aliphatic rings. The minimum absolute atomic E-state index is 0.0835. The Labute approximate surface area is 162 Å². The van der Waals surface area contributed by atoms with Crippen molar-refractivity contribution in [3.05, 3.63) is 60.2 Å². The molecule has 2 heterocycles. The summed E-state index contributed by atoms with van der Waals surface area (Å²) in [6.07, 6.45) is 0. The summed E-state index contributed by atoms with van der Waals surface area (Å²) in [5.74, 6) is -1.23. The highest BCUT2D eigenvalue weighted by atomic mass is 32.2. The topological polar surface area (TPSA) is 73.0 Å². The molecule has 4 rings (SSSR count). The van der Waals surface area contributed by atoms with E-state index >= 15 is 0 Å². The quantitative estimate of drug-likeness (QED) is 0.508. The maximum atomic E-state index is 13.6. The van der Waals surface area contributed by atoms with Gasteiger partial charge in [0, 0.05) is 12.4 Å². The predicted octanol–water partition coefficient (Wildman–Crippen LogP) is 4.24. The van der Waals surface area contributed by atoms with Crippen molar-refractivity contribution in [2.24, 2.45) is 7.05 Å². The molecule has 6 nitrogen and oxygen atoms in total. The van der Waals surface area contributed by atoms with Crippen LogP contribution in [0.5, 0.6) is 0 Å². The Kier molecular flexibility index (Phi) is 4.82. The summed E-state index contributed by atoms with van der Waals surface area (Å²) in [7, 11) is 1.75. The molecule has 0 bridgehead atoms. The molecule has 1 N–H and O–H groups in total. The van der Waals surface area contributed by atoms with E-state index in [1.807, 2.05) is 30.3 Å². The van der Waals surface area contributed by atoms with Gasteiger partial charge in [-0.05, 0) is 24.3 Å². The van der Waals surface area contributed by atoms with Gasteiger partial charge in [0.1, 0.15) is 22.9 Å². The molecule has 0 radical (unpaired) electrons. The largest absolute Gasteiger partial charge is 0.453 e. The summed E-state index contributed by atoms with van der Waals surface area (Å²) in [4.78, 5) is 12.1. The van der Waals surface area contributed by atoms with Gasteiger partial charge in [-0.2, -0.15) is 0 Å². The molecular weight excluding hydrogens is 386 g/mol. The number of hydrogen-bond acceptors (Lipinski definition) is 5. The smallest absolute Gasteiger partial charge is 0.235 e. The number of thioether (sulfide) groups is 1. The maximum absolute atomic E-state index is 13.6. The third-order valence-corrected chi connectivity index (χ3v) is 5.06. The normalized spacial score (nSPS) is 11.1. The van der Waals surface area contributed by atoms with Crippen LogP contribution in [0.1, 0.15) is 0 Å². The highest BCUT2D eigenvalue weighted by Crippen LogP contribution is 2.28. The second-order valence-corrected chi connectivity index (χ2v) is 6.89. The lowest BCUT2D eigenvalue weighted by molar-refractivity contribution is -0.113. The lowest BCUT2D eigenvalue weighted by atomic mass is 10.2. The van der Waals surface area contributed by atoms with Gasteiger partial charge in [0.15, 0.2) is 16.7 Å². The molecule has 4 aromatic rings. The van der Waals surface area contributed by atoms with Crippen LogP contribution in [0.4, 0.5) is 14.5 Å². The number of carbonyl (C=O) groups is 1. The molecule has 0 spiro atoms. The first-order valence-corrected chi connectivity index (χ1v) is 9.26. The van der Waals surface area contributed by atoms with E-state index in [0.717, 1.165) is 34.9 Å². The number of fused-ring (bicyclic) bond motifs is 1. The van der Waals surface area contributed by atoms with E-state index in [1.165, 1.54) is 6.07 Å². The minimum Gasteiger partial charge on any atom is -0.453 e. The fourth-order valence-electron chi connectivity index (χ4n) is 2.67. The number of para-hydroxylation sites is 2. The molecule has 1 amide bonds. The fourth-order valence-corrected chi connectivity index (χ4v) is 3.38. The number of carbonyl (C=O) groups excluding carboxylic acids is 1. The second kappa shape index (κ2) is 7.43. The van der Waals surface area contributed by atoms with Crippen LogP contribution in [0, 0.1) is 11.6 Å². The van der Waals surface area contributed by atoms with E-state index in [9.17, 15) is 13.6 Å². The molecule has 9 heteroatoms. The van der Waals surface area contributed by atoms with Gasteiger partial charge in [-0.15, -0.1) is 10.2 Å². The average molecular weight is 400 g/mol. The number of halogens is 2. The number of hydrogen-bond donors (Lipinski definition) is 1. The van der Waals surface area contributed by atoms with Gasteiger partial charge in [0.25, 0.3) is 0 Å². The molecule has 0 saturated carbocycles. The minimum atomic E-state index is -0.829. The Morgan fingerprint density at radius 3 is 2.64 bits per heavy atom. The zero-order valence-corrected chi connectivity index (χ0v) is 15.5. The number of furan rings is 1. The number of benzene rings is 2. The van der Waals surface area contributed by atoms with Crippen LogP contribution in [-0.4, -0.2) is 26.4 Å². The summed E-state index contributed by atoms with van der Waals surface area (Å²) in [5.41, 5.74) is 0.273. The third kappa shape index (κ3) is 3.48. The van der Waals surface area contributed by atoms with Crippen molar-refractivity contribution in [2.75, 3.05) is 11.1 Å². The number of rotatable bonds is 5. The van der Waals surface area contributed by atoms with Crippen molar-refractivity contribution in [1.82, 2.24) is 14.8 Å². The molecule has 28 heavy (non-hydrogen) atoms. The molecule has 0 aliphatic heterocycles. The van der Waals surface area contributed by atoms with Crippen LogP contribution < -0.4 is 5.32 Å². The lowest BCUT2D eigenvalue weighted by Gasteiger charge is -2.07. The summed E-state index contributed by atoms with van der Waals surface area (Å²) >= 11 is 1.10. The second-order valence-electron chi connectivity index (χ2n) is 5.95. The van der Waals surface area contributed by atoms with E-state index in [0.29, 0.717) is 16.7 Å². The zero-order valence-electron chi connectivity index (χ0n) is 14.6. The molecule has 0 aliphatic carbocycles. The summed E-state index contributed by atoms with van der Waals surface area (Å²) in [6, 6.07) is 12.8. The van der Waals surface area contributed by atoms with Crippen LogP contribution in [-0.2, 0) is 11.8 Å². The van der Waals surface area contributed by atoms with E-state index < -0.39 is 23.2 Å². The van der Waals surface area contributed by atoms with Crippen molar-refractivity contribution in [1.29, 1.82) is 0 Å². The van der Waals surface area contributed by atoms with Crippen LogP contribution in [0.2, 0.25) is 0 Å². The van der Waals surface area contributed by atoms with Crippen molar-refractivity contribution in [3.63, 3.8) is 0 Å². The Balaban J connectivity index is 1.47. The summed E-state index contributed by atoms with van der Waals surface area (Å²) in [5, 5.41) is 11.8. The zero-order chi connectivity index (χ0) is 19.7. The van der Waals surface area contributed by atoms with Crippen LogP contribution in [0.15, 0.2) is 58.1 Å². The van der Waals surface area contributed by atoms with Gasteiger partial charge in [-0.25, -0.2) is 8.78 Å². The highest BCUT2D eigenvalue weighted by molar-refractivity contribution is 7.99. The number of amides is 1. The highest BCUT2D eigenvalue weighted by Gasteiger charge is 2.17. The van der Waals surface area contributed by atoms with Gasteiger partial charge in [0.05, 0.1) is 5.75 Å². The molecule has 0 saturated heterocycles.